The molecule has 2 aromatic heterocycles. The average molecular weight is 376 g/mol. The van der Waals surface area contributed by atoms with E-state index < -0.39 is 0 Å². The zero-order chi connectivity index (χ0) is 19.5. The van der Waals surface area contributed by atoms with Gasteiger partial charge in [0.2, 0.25) is 0 Å². The third-order valence-corrected chi connectivity index (χ3v) is 5.30. The van der Waals surface area contributed by atoms with Crippen molar-refractivity contribution in [1.29, 1.82) is 0 Å². The number of H-pyrrole nitrogens is 1. The van der Waals surface area contributed by atoms with E-state index >= 15 is 0 Å². The quantitative estimate of drug-likeness (QED) is 0.694. The molecule has 1 aromatic carbocycles. The zero-order valence-electron chi connectivity index (χ0n) is 16.0. The fraction of sp³-hybridized carbons (Fsp3) is 0.318. The summed E-state index contributed by atoms with van der Waals surface area (Å²) in [5.74, 6) is 0.902. The van der Waals surface area contributed by atoms with E-state index in [1.165, 1.54) is 5.56 Å². The molecule has 0 atom stereocenters. The number of aromatic nitrogens is 3. The highest BCUT2D eigenvalue weighted by molar-refractivity contribution is 6.04. The van der Waals surface area contributed by atoms with Crippen LogP contribution < -0.4 is 5.32 Å². The van der Waals surface area contributed by atoms with Crippen LogP contribution in [-0.4, -0.2) is 32.8 Å². The molecular formula is C22H24N4O2. The third-order valence-electron chi connectivity index (χ3n) is 5.30. The van der Waals surface area contributed by atoms with Gasteiger partial charge < -0.3 is 14.9 Å². The number of aromatic amines is 1. The molecule has 0 fully saturated rings. The van der Waals surface area contributed by atoms with Crippen LogP contribution in [0.2, 0.25) is 0 Å². The first kappa shape index (κ1) is 18.2. The van der Waals surface area contributed by atoms with Crippen molar-refractivity contribution in [1.82, 2.24) is 19.9 Å². The highest BCUT2D eigenvalue weighted by Gasteiger charge is 2.26. The largest absolute Gasteiger partial charge is 0.354 e. The second-order valence-corrected chi connectivity index (χ2v) is 7.22. The number of imidazole rings is 1. The van der Waals surface area contributed by atoms with E-state index in [2.05, 4.69) is 32.0 Å². The number of amides is 1. The maximum atomic E-state index is 12.6. The van der Waals surface area contributed by atoms with Gasteiger partial charge in [-0.2, -0.15) is 0 Å². The normalized spacial score (nSPS) is 13.4. The van der Waals surface area contributed by atoms with Gasteiger partial charge in [0.15, 0.2) is 5.78 Å². The Balaban J connectivity index is 1.38. The van der Waals surface area contributed by atoms with Crippen LogP contribution in [0.25, 0.3) is 0 Å². The minimum absolute atomic E-state index is 0.136. The standard InChI is InChI=1S/C22H24N4O2/c1-15-20-17(8-5-9-18(20)27)25-21(15)22(28)24-11-10-19-23-12-13-26(19)14-16-6-3-2-4-7-16/h2-4,6-7,12-13,25H,5,8-11,14H2,1H3,(H,24,28). The predicted octanol–water partition coefficient (Wildman–Crippen LogP) is 3.06. The van der Waals surface area contributed by atoms with Crippen LogP contribution in [0.1, 0.15) is 56.3 Å². The molecule has 1 aliphatic rings. The summed E-state index contributed by atoms with van der Waals surface area (Å²) < 4.78 is 2.10. The first-order valence-corrected chi connectivity index (χ1v) is 9.70. The minimum Gasteiger partial charge on any atom is -0.354 e. The van der Waals surface area contributed by atoms with Crippen molar-refractivity contribution in [3.8, 4) is 0 Å². The minimum atomic E-state index is -0.166. The molecular weight excluding hydrogens is 352 g/mol. The molecule has 0 bridgehead atoms. The fourth-order valence-electron chi connectivity index (χ4n) is 3.87. The molecule has 6 nitrogen and oxygen atoms in total. The Labute approximate surface area is 164 Å². The fourth-order valence-corrected chi connectivity index (χ4v) is 3.87. The molecule has 0 aliphatic heterocycles. The maximum absolute atomic E-state index is 12.6. The van der Waals surface area contributed by atoms with Crippen molar-refractivity contribution >= 4 is 11.7 Å². The number of hydrogen-bond donors (Lipinski definition) is 2. The molecule has 2 N–H and O–H groups in total. The molecule has 2 heterocycles. The molecule has 0 unspecified atom stereocenters. The van der Waals surface area contributed by atoms with Gasteiger partial charge in [0, 0.05) is 49.6 Å². The molecule has 0 saturated carbocycles. The predicted molar refractivity (Wildman–Crippen MR) is 107 cm³/mol. The molecule has 0 saturated heterocycles. The number of carbonyl (C=O) groups is 2. The molecule has 3 aromatic rings. The molecule has 4 rings (SSSR count). The summed E-state index contributed by atoms with van der Waals surface area (Å²) >= 11 is 0. The molecule has 6 heteroatoms. The van der Waals surface area contributed by atoms with E-state index in [0.717, 1.165) is 42.0 Å². The summed E-state index contributed by atoms with van der Waals surface area (Å²) in [5, 5.41) is 2.96. The Hall–Kier alpha value is -3.15. The number of nitrogens with one attached hydrogen (secondary N) is 2. The smallest absolute Gasteiger partial charge is 0.268 e. The monoisotopic (exact) mass is 376 g/mol. The number of benzene rings is 1. The third kappa shape index (κ3) is 3.63. The topological polar surface area (TPSA) is 79.8 Å². The maximum Gasteiger partial charge on any atom is 0.268 e. The second kappa shape index (κ2) is 7.84. The van der Waals surface area contributed by atoms with E-state index in [9.17, 15) is 9.59 Å². The first-order chi connectivity index (χ1) is 13.6. The van der Waals surface area contributed by atoms with E-state index in [1.54, 1.807) is 6.20 Å². The van der Waals surface area contributed by atoms with Crippen molar-refractivity contribution in [2.45, 2.75) is 39.2 Å². The highest BCUT2D eigenvalue weighted by atomic mass is 16.2. The van der Waals surface area contributed by atoms with Gasteiger partial charge in [-0.3, -0.25) is 9.59 Å². The number of rotatable bonds is 6. The Kier molecular flexibility index (Phi) is 5.10. The van der Waals surface area contributed by atoms with Crippen LogP contribution in [0.5, 0.6) is 0 Å². The summed E-state index contributed by atoms with van der Waals surface area (Å²) in [7, 11) is 0. The Morgan fingerprint density at radius 2 is 2.07 bits per heavy atom. The molecule has 1 aliphatic carbocycles. The summed E-state index contributed by atoms with van der Waals surface area (Å²) in [4.78, 5) is 32.3. The van der Waals surface area contributed by atoms with Crippen LogP contribution in [0, 0.1) is 6.92 Å². The number of hydrogen-bond acceptors (Lipinski definition) is 3. The van der Waals surface area contributed by atoms with Crippen LogP contribution in [0.4, 0.5) is 0 Å². The SMILES string of the molecule is Cc1c(C(=O)NCCc2nccn2Cc2ccccc2)[nH]c2c1C(=O)CCC2. The number of nitrogens with zero attached hydrogens (tertiary/aromatic N) is 2. The van der Waals surface area contributed by atoms with Crippen LogP contribution in [0.3, 0.4) is 0 Å². The summed E-state index contributed by atoms with van der Waals surface area (Å²) in [6.45, 7) is 3.09. The van der Waals surface area contributed by atoms with Gasteiger partial charge in [-0.15, -0.1) is 0 Å². The van der Waals surface area contributed by atoms with Gasteiger partial charge in [0.1, 0.15) is 11.5 Å². The van der Waals surface area contributed by atoms with E-state index in [1.807, 2.05) is 31.3 Å². The van der Waals surface area contributed by atoms with Gasteiger partial charge >= 0.3 is 0 Å². The number of aryl methyl sites for hydroxylation is 1. The number of ketones is 1. The van der Waals surface area contributed by atoms with Crippen molar-refractivity contribution in [2.75, 3.05) is 6.54 Å². The van der Waals surface area contributed by atoms with Gasteiger partial charge in [0.25, 0.3) is 5.91 Å². The number of carbonyl (C=O) groups excluding carboxylic acids is 2. The lowest BCUT2D eigenvalue weighted by molar-refractivity contribution is 0.0947. The molecule has 0 spiro atoms. The van der Waals surface area contributed by atoms with Crippen LogP contribution in [-0.2, 0) is 19.4 Å². The van der Waals surface area contributed by atoms with Gasteiger partial charge in [-0.05, 0) is 30.9 Å². The van der Waals surface area contributed by atoms with E-state index in [0.29, 0.717) is 25.1 Å². The van der Waals surface area contributed by atoms with Crippen molar-refractivity contribution in [3.05, 3.63) is 76.6 Å². The van der Waals surface area contributed by atoms with E-state index in [4.69, 9.17) is 0 Å². The van der Waals surface area contributed by atoms with Gasteiger partial charge in [0.05, 0.1) is 0 Å². The molecule has 0 radical (unpaired) electrons. The highest BCUT2D eigenvalue weighted by Crippen LogP contribution is 2.26. The van der Waals surface area contributed by atoms with E-state index in [-0.39, 0.29) is 11.7 Å². The van der Waals surface area contributed by atoms with Gasteiger partial charge in [-0.25, -0.2) is 4.98 Å². The summed E-state index contributed by atoms with van der Waals surface area (Å²) in [6.07, 6.45) is 6.62. The first-order valence-electron chi connectivity index (χ1n) is 9.70. The van der Waals surface area contributed by atoms with Crippen molar-refractivity contribution in [3.63, 3.8) is 0 Å². The number of fused-ring (bicyclic) bond motifs is 1. The lowest BCUT2D eigenvalue weighted by Gasteiger charge is -2.09. The zero-order valence-corrected chi connectivity index (χ0v) is 16.0. The van der Waals surface area contributed by atoms with Crippen LogP contribution >= 0.6 is 0 Å². The lowest BCUT2D eigenvalue weighted by atomic mass is 9.94. The summed E-state index contributed by atoms with van der Waals surface area (Å²) in [5.41, 5.74) is 4.10. The molecule has 144 valence electrons. The molecule has 28 heavy (non-hydrogen) atoms. The van der Waals surface area contributed by atoms with Crippen molar-refractivity contribution in [2.24, 2.45) is 0 Å². The van der Waals surface area contributed by atoms with Crippen LogP contribution in [0.15, 0.2) is 42.7 Å². The Morgan fingerprint density at radius 1 is 1.25 bits per heavy atom. The second-order valence-electron chi connectivity index (χ2n) is 7.22. The Morgan fingerprint density at radius 3 is 2.86 bits per heavy atom. The van der Waals surface area contributed by atoms with Crippen molar-refractivity contribution < 1.29 is 9.59 Å². The number of Topliss-reactive ketones (excluding diaryl/α,β-unsaturated/α-hetero) is 1. The van der Waals surface area contributed by atoms with Gasteiger partial charge in [-0.1, -0.05) is 30.3 Å². The average Bonchev–Trinajstić information content (AvgIpc) is 3.27. The summed E-state index contributed by atoms with van der Waals surface area (Å²) in [6, 6.07) is 10.2. The lowest BCUT2D eigenvalue weighted by Crippen LogP contribution is -2.27. The Bertz CT molecular complexity index is 1000. The molecule has 1 amide bonds.